The van der Waals surface area contributed by atoms with Gasteiger partial charge in [0.25, 0.3) is 0 Å². The molecule has 3 aliphatic carbocycles. The predicted octanol–water partition coefficient (Wildman–Crippen LogP) is 18.1. The lowest BCUT2D eigenvalue weighted by atomic mass is 9.65. The van der Waals surface area contributed by atoms with Crippen molar-refractivity contribution in [1.29, 1.82) is 0 Å². The largest absolute Gasteiger partial charge is 0.310 e. The van der Waals surface area contributed by atoms with Gasteiger partial charge in [-0.25, -0.2) is 0 Å². The summed E-state index contributed by atoms with van der Waals surface area (Å²) in [6.07, 6.45) is 0. The molecule has 0 N–H and O–H groups in total. The van der Waals surface area contributed by atoms with Gasteiger partial charge in [-0.15, -0.1) is 0 Å². The molecule has 0 amide bonds. The molecule has 2 heterocycles. The van der Waals surface area contributed by atoms with Gasteiger partial charge in [-0.05, 0) is 148 Å². The van der Waals surface area contributed by atoms with Crippen LogP contribution >= 0.6 is 0 Å². The van der Waals surface area contributed by atoms with E-state index in [1.165, 1.54) is 127 Å². The van der Waals surface area contributed by atoms with Crippen LogP contribution in [0.3, 0.4) is 0 Å². The Morgan fingerprint density at radius 2 is 0.784 bits per heavy atom. The van der Waals surface area contributed by atoms with E-state index in [4.69, 9.17) is 0 Å². The van der Waals surface area contributed by atoms with E-state index in [9.17, 15) is 0 Å². The molecule has 0 fully saturated rings. The highest BCUT2D eigenvalue weighted by Gasteiger charge is 2.53. The first-order valence-electron chi connectivity index (χ1n) is 25.9. The second kappa shape index (κ2) is 14.6. The smallest absolute Gasteiger partial charge is 0.0755 e. The number of benzene rings is 12. The maximum atomic E-state index is 2.54. The van der Waals surface area contributed by atoms with Crippen molar-refractivity contribution >= 4 is 49.6 Å². The molecule has 2 spiro atoms. The molecule has 0 bridgehead atoms. The number of hydrogen-bond donors (Lipinski definition) is 0. The number of fused-ring (bicyclic) bond motifs is 24. The molecule has 13 aromatic rings. The Balaban J connectivity index is 0.955. The number of hydrogen-bond acceptors (Lipinski definition) is 1. The van der Waals surface area contributed by atoms with Crippen molar-refractivity contribution in [3.05, 3.63) is 311 Å². The highest BCUT2D eigenvalue weighted by molar-refractivity contribution is 6.13. The third kappa shape index (κ3) is 4.91. The molecular weight excluding hydrogens is 893 g/mol. The van der Waals surface area contributed by atoms with Crippen molar-refractivity contribution in [2.45, 2.75) is 10.8 Å². The first-order chi connectivity index (χ1) is 36.7. The molecule has 0 radical (unpaired) electrons. The zero-order valence-corrected chi connectivity index (χ0v) is 40.3. The molecule has 0 saturated carbocycles. The lowest BCUT2D eigenvalue weighted by molar-refractivity contribution is 0.748. The van der Waals surface area contributed by atoms with Gasteiger partial charge in [-0.1, -0.05) is 218 Å². The Kier molecular flexibility index (Phi) is 7.90. The Bertz CT molecular complexity index is 4510. The first-order valence-corrected chi connectivity index (χ1v) is 25.9. The van der Waals surface area contributed by atoms with Gasteiger partial charge in [0.1, 0.15) is 0 Å². The summed E-state index contributed by atoms with van der Waals surface area (Å²) in [7, 11) is 0. The number of nitrogens with zero attached hydrogens (tertiary/aromatic N) is 2. The maximum Gasteiger partial charge on any atom is 0.0755 e. The molecule has 1 unspecified atom stereocenters. The zero-order valence-electron chi connectivity index (χ0n) is 40.3. The third-order valence-electron chi connectivity index (χ3n) is 17.4. The zero-order chi connectivity index (χ0) is 48.3. The number of rotatable bonds is 4. The van der Waals surface area contributed by atoms with Gasteiger partial charge in [0.2, 0.25) is 0 Å². The van der Waals surface area contributed by atoms with Crippen LogP contribution in [0.15, 0.2) is 267 Å². The molecule has 1 aromatic heterocycles. The van der Waals surface area contributed by atoms with Crippen molar-refractivity contribution in [2.75, 3.05) is 4.90 Å². The van der Waals surface area contributed by atoms with Gasteiger partial charge in [-0.2, -0.15) is 0 Å². The summed E-state index contributed by atoms with van der Waals surface area (Å²) < 4.78 is 2.53. The fourth-order valence-electron chi connectivity index (χ4n) is 14.6. The lowest BCUT2D eigenvalue weighted by Crippen LogP contribution is -2.33. The van der Waals surface area contributed by atoms with Crippen LogP contribution in [0.5, 0.6) is 0 Å². The monoisotopic (exact) mass is 936 g/mol. The predicted molar refractivity (Wildman–Crippen MR) is 306 cm³/mol. The SMILES string of the molecule is c1ccc(-c2ccc(N(c3ccc4c(c3)C3(c5ccccc5-c5ccccc53)c3ccc5ccccc5c3-4)c3ccc4c(c3)C3(c5ccccc5-4)c4ccccc4-n4c5ccccc5c5cccc3c54)cc2)cc1. The minimum absolute atomic E-state index is 0.521. The average Bonchev–Trinajstić information content (AvgIpc) is 4.35. The minimum atomic E-state index is -0.590. The van der Waals surface area contributed by atoms with Crippen molar-refractivity contribution in [2.24, 2.45) is 0 Å². The van der Waals surface area contributed by atoms with E-state index in [0.717, 1.165) is 17.1 Å². The van der Waals surface area contributed by atoms with Crippen LogP contribution in [0.2, 0.25) is 0 Å². The highest BCUT2D eigenvalue weighted by atomic mass is 15.1. The second-order valence-electron chi connectivity index (χ2n) is 20.6. The summed E-state index contributed by atoms with van der Waals surface area (Å²) in [5, 5.41) is 5.10. The van der Waals surface area contributed by atoms with Gasteiger partial charge in [0, 0.05) is 27.8 Å². The minimum Gasteiger partial charge on any atom is -0.310 e. The molecule has 1 aliphatic heterocycles. The van der Waals surface area contributed by atoms with Crippen molar-refractivity contribution in [1.82, 2.24) is 4.57 Å². The third-order valence-corrected chi connectivity index (χ3v) is 17.4. The van der Waals surface area contributed by atoms with Crippen LogP contribution in [-0.2, 0) is 10.8 Å². The van der Waals surface area contributed by atoms with Crippen LogP contribution in [0.4, 0.5) is 17.1 Å². The number of anilines is 3. The maximum absolute atomic E-state index is 2.54. The van der Waals surface area contributed by atoms with Gasteiger partial charge in [-0.3, -0.25) is 0 Å². The Morgan fingerprint density at radius 1 is 0.284 bits per heavy atom. The first kappa shape index (κ1) is 40.1. The molecule has 17 rings (SSSR count). The molecule has 342 valence electrons. The fourth-order valence-corrected chi connectivity index (χ4v) is 14.6. The average molecular weight is 937 g/mol. The van der Waals surface area contributed by atoms with Crippen molar-refractivity contribution in [3.63, 3.8) is 0 Å². The number of aromatic nitrogens is 1. The molecule has 2 nitrogen and oxygen atoms in total. The van der Waals surface area contributed by atoms with Crippen molar-refractivity contribution in [3.8, 4) is 50.2 Å². The molecule has 1 atom stereocenters. The molecular formula is C72H44N2. The second-order valence-corrected chi connectivity index (χ2v) is 20.6. The van der Waals surface area contributed by atoms with E-state index in [1.807, 2.05) is 0 Å². The van der Waals surface area contributed by atoms with Crippen molar-refractivity contribution < 1.29 is 0 Å². The highest BCUT2D eigenvalue weighted by Crippen LogP contribution is 2.65. The molecule has 12 aromatic carbocycles. The summed E-state index contributed by atoms with van der Waals surface area (Å²) in [5.74, 6) is 0. The summed E-state index contributed by atoms with van der Waals surface area (Å²) in [6, 6.07) is 101. The van der Waals surface area contributed by atoms with Crippen LogP contribution < -0.4 is 4.90 Å². The van der Waals surface area contributed by atoms with E-state index in [0.29, 0.717) is 0 Å². The molecule has 4 aliphatic rings. The summed E-state index contributed by atoms with van der Waals surface area (Å²) in [6.45, 7) is 0. The van der Waals surface area contributed by atoms with E-state index in [1.54, 1.807) is 0 Å². The summed E-state index contributed by atoms with van der Waals surface area (Å²) in [4.78, 5) is 2.53. The fraction of sp³-hybridized carbons (Fsp3) is 0.0278. The van der Waals surface area contributed by atoms with E-state index < -0.39 is 10.8 Å². The summed E-state index contributed by atoms with van der Waals surface area (Å²) in [5.41, 5.74) is 26.7. The van der Waals surface area contributed by atoms with Gasteiger partial charge >= 0.3 is 0 Å². The molecule has 74 heavy (non-hydrogen) atoms. The Labute approximate surface area is 429 Å². The lowest BCUT2D eigenvalue weighted by Gasteiger charge is -2.40. The van der Waals surface area contributed by atoms with Crippen LogP contribution in [0.25, 0.3) is 82.8 Å². The quantitative estimate of drug-likeness (QED) is 0.171. The van der Waals surface area contributed by atoms with Crippen LogP contribution in [-0.4, -0.2) is 4.57 Å². The molecule has 2 heteroatoms. The normalized spacial score (nSPS) is 15.5. The summed E-state index contributed by atoms with van der Waals surface area (Å²) >= 11 is 0. The Hall–Kier alpha value is -9.50. The van der Waals surface area contributed by atoms with Crippen LogP contribution in [0, 0.1) is 0 Å². The van der Waals surface area contributed by atoms with E-state index in [2.05, 4.69) is 276 Å². The van der Waals surface area contributed by atoms with Gasteiger partial charge in [0.05, 0.1) is 27.6 Å². The van der Waals surface area contributed by atoms with E-state index >= 15 is 0 Å². The van der Waals surface area contributed by atoms with Gasteiger partial charge in [0.15, 0.2) is 0 Å². The topological polar surface area (TPSA) is 8.17 Å². The number of para-hydroxylation sites is 3. The van der Waals surface area contributed by atoms with E-state index in [-0.39, 0.29) is 0 Å². The standard InChI is InChI=1S/C72H44N2/c1-2-17-45(18-3-1)46-33-36-48(37-34-46)73(50-39-41-58-66(44-50)71(63-42-35-47-19-4-5-20-51(47)69(58)63)59-26-10-6-21-52(59)53-22-7-11-27-60(53)71)49-38-40-55-54-23-8-12-28-61(54)72(65(55)43-49)62-29-13-15-32-68(62)74-67-31-14-9-24-56(67)57-25-16-30-64(72)70(57)74/h1-44H. The Morgan fingerprint density at radius 3 is 1.50 bits per heavy atom. The van der Waals surface area contributed by atoms with Crippen LogP contribution in [0.1, 0.15) is 44.5 Å². The van der Waals surface area contributed by atoms with Gasteiger partial charge < -0.3 is 9.47 Å². The molecule has 0 saturated heterocycles.